The van der Waals surface area contributed by atoms with E-state index in [-0.39, 0.29) is 18.4 Å². The van der Waals surface area contributed by atoms with Gasteiger partial charge >= 0.3 is 0 Å². The van der Waals surface area contributed by atoms with Gasteiger partial charge in [-0.3, -0.25) is 4.79 Å². The molecule has 2 aromatic rings. The molecular weight excluding hydrogens is 356 g/mol. The van der Waals surface area contributed by atoms with Crippen LogP contribution in [-0.2, 0) is 9.53 Å². The summed E-state index contributed by atoms with van der Waals surface area (Å²) in [5.74, 6) is 1.64. The smallest absolute Gasteiger partial charge is 0.248 e. The first-order chi connectivity index (χ1) is 13.5. The fourth-order valence-corrected chi connectivity index (χ4v) is 3.57. The van der Waals surface area contributed by atoms with Gasteiger partial charge in [0.2, 0.25) is 11.9 Å². The highest BCUT2D eigenvalue weighted by molar-refractivity contribution is 5.77. The quantitative estimate of drug-likeness (QED) is 0.763. The lowest BCUT2D eigenvalue weighted by Crippen LogP contribution is -2.41. The molecule has 150 valence electrons. The van der Waals surface area contributed by atoms with E-state index in [4.69, 9.17) is 14.5 Å². The van der Waals surface area contributed by atoms with Gasteiger partial charge in [0.15, 0.2) is 0 Å². The summed E-state index contributed by atoms with van der Waals surface area (Å²) in [6.45, 7) is 1.52. The summed E-state index contributed by atoms with van der Waals surface area (Å²) in [5.41, 5.74) is 2.97. The molecule has 7 heteroatoms. The zero-order chi connectivity index (χ0) is 20.1. The fraction of sp³-hybridized carbons (Fsp3) is 0.476. The number of methoxy groups -OCH3 is 2. The summed E-state index contributed by atoms with van der Waals surface area (Å²) in [6, 6.07) is 7.92. The second-order valence-corrected chi connectivity index (χ2v) is 7.21. The zero-order valence-corrected chi connectivity index (χ0v) is 17.0. The van der Waals surface area contributed by atoms with E-state index >= 15 is 0 Å². The first-order valence-corrected chi connectivity index (χ1v) is 9.49. The van der Waals surface area contributed by atoms with Crippen LogP contribution in [0.5, 0.6) is 5.75 Å². The molecule has 2 heterocycles. The van der Waals surface area contributed by atoms with Crippen LogP contribution in [0.3, 0.4) is 0 Å². The Bertz CT molecular complexity index is 825. The van der Waals surface area contributed by atoms with Gasteiger partial charge in [0, 0.05) is 52.0 Å². The number of nitrogens with zero attached hydrogens (tertiary/aromatic N) is 4. The number of amides is 1. The van der Waals surface area contributed by atoms with Crippen molar-refractivity contribution in [3.05, 3.63) is 36.2 Å². The Labute approximate surface area is 166 Å². The summed E-state index contributed by atoms with van der Waals surface area (Å²) in [4.78, 5) is 25.5. The van der Waals surface area contributed by atoms with Crippen LogP contribution < -0.4 is 9.64 Å². The number of anilines is 1. The number of rotatable bonds is 6. The largest absolute Gasteiger partial charge is 0.497 e. The first-order valence-electron chi connectivity index (χ1n) is 9.49. The minimum atomic E-state index is 0.0250. The lowest BCUT2D eigenvalue weighted by Gasteiger charge is -2.33. The normalized spacial score (nSPS) is 16.7. The van der Waals surface area contributed by atoms with Gasteiger partial charge in [-0.25, -0.2) is 9.97 Å². The van der Waals surface area contributed by atoms with E-state index in [0.29, 0.717) is 12.5 Å². The molecule has 0 bridgehead atoms. The Morgan fingerprint density at radius 2 is 2.14 bits per heavy atom. The second-order valence-electron chi connectivity index (χ2n) is 7.21. The minimum Gasteiger partial charge on any atom is -0.497 e. The highest BCUT2D eigenvalue weighted by atomic mass is 16.5. The van der Waals surface area contributed by atoms with Gasteiger partial charge in [-0.2, -0.15) is 0 Å². The van der Waals surface area contributed by atoms with Gasteiger partial charge in [-0.15, -0.1) is 0 Å². The third-order valence-electron chi connectivity index (χ3n) is 5.01. The summed E-state index contributed by atoms with van der Waals surface area (Å²) in [6.07, 6.45) is 3.80. The minimum absolute atomic E-state index is 0.0250. The summed E-state index contributed by atoms with van der Waals surface area (Å²) in [5, 5.41) is 0. The topological polar surface area (TPSA) is 67.8 Å². The monoisotopic (exact) mass is 384 g/mol. The molecule has 1 aromatic carbocycles. The Morgan fingerprint density at radius 1 is 1.32 bits per heavy atom. The maximum atomic E-state index is 12.3. The lowest BCUT2D eigenvalue weighted by atomic mass is 9.90. The molecule has 1 saturated heterocycles. The molecule has 28 heavy (non-hydrogen) atoms. The van der Waals surface area contributed by atoms with Gasteiger partial charge in [0.05, 0.1) is 12.8 Å². The van der Waals surface area contributed by atoms with Gasteiger partial charge < -0.3 is 19.3 Å². The third-order valence-corrected chi connectivity index (χ3v) is 5.01. The number of carbonyl (C=O) groups excluding carboxylic acids is 1. The number of aromatic nitrogens is 2. The summed E-state index contributed by atoms with van der Waals surface area (Å²) >= 11 is 0. The average molecular weight is 384 g/mol. The average Bonchev–Trinajstić information content (AvgIpc) is 2.73. The van der Waals surface area contributed by atoms with Crippen molar-refractivity contribution in [1.29, 1.82) is 0 Å². The van der Waals surface area contributed by atoms with E-state index in [2.05, 4.69) is 4.98 Å². The number of hydrogen-bond acceptors (Lipinski definition) is 6. The lowest BCUT2D eigenvalue weighted by molar-refractivity contribution is -0.136. The third kappa shape index (κ3) is 4.42. The maximum Gasteiger partial charge on any atom is 0.248 e. The predicted octanol–water partition coefficient (Wildman–Crippen LogP) is 2.57. The zero-order valence-electron chi connectivity index (χ0n) is 17.0. The number of hydrogen-bond donors (Lipinski definition) is 0. The highest BCUT2D eigenvalue weighted by Gasteiger charge is 2.28. The number of likely N-dealkylation sites (tertiary alicyclic amines) is 1. The van der Waals surface area contributed by atoms with Crippen LogP contribution in [0.25, 0.3) is 11.1 Å². The number of piperidine rings is 1. The first kappa shape index (κ1) is 20.1. The summed E-state index contributed by atoms with van der Waals surface area (Å²) < 4.78 is 10.4. The van der Waals surface area contributed by atoms with E-state index in [1.165, 1.54) is 0 Å². The predicted molar refractivity (Wildman–Crippen MR) is 109 cm³/mol. The van der Waals surface area contributed by atoms with E-state index in [9.17, 15) is 4.79 Å². The molecule has 0 saturated carbocycles. The SMILES string of the molecule is COCC(=O)N1CCCC(c2nc(N(C)C)ncc2-c2cccc(OC)c2)C1. The highest BCUT2D eigenvalue weighted by Crippen LogP contribution is 2.35. The van der Waals surface area contributed by atoms with Crippen LogP contribution >= 0.6 is 0 Å². The molecule has 1 fully saturated rings. The Kier molecular flexibility index (Phi) is 6.46. The van der Waals surface area contributed by atoms with Crippen LogP contribution in [0.1, 0.15) is 24.5 Å². The standard InChI is InChI=1S/C21H28N4O3/c1-24(2)21-22-12-18(15-7-5-9-17(11-15)28-4)20(23-21)16-8-6-10-25(13-16)19(26)14-27-3/h5,7,9,11-12,16H,6,8,10,13-14H2,1-4H3. The molecule has 1 amide bonds. The van der Waals surface area contributed by atoms with Crippen molar-refractivity contribution in [1.82, 2.24) is 14.9 Å². The van der Waals surface area contributed by atoms with Gasteiger partial charge in [0.1, 0.15) is 12.4 Å². The molecule has 1 aliphatic heterocycles. The van der Waals surface area contributed by atoms with Crippen molar-refractivity contribution in [2.75, 3.05) is 52.9 Å². The van der Waals surface area contributed by atoms with Crippen LogP contribution in [0.15, 0.2) is 30.5 Å². The van der Waals surface area contributed by atoms with Crippen LogP contribution in [0.2, 0.25) is 0 Å². The maximum absolute atomic E-state index is 12.3. The van der Waals surface area contributed by atoms with E-state index < -0.39 is 0 Å². The van der Waals surface area contributed by atoms with Crippen molar-refractivity contribution >= 4 is 11.9 Å². The molecule has 0 aliphatic carbocycles. The van der Waals surface area contributed by atoms with Gasteiger partial charge in [-0.05, 0) is 30.5 Å². The van der Waals surface area contributed by atoms with Crippen LogP contribution in [0, 0.1) is 0 Å². The number of ether oxygens (including phenoxy) is 2. The Hall–Kier alpha value is -2.67. The van der Waals surface area contributed by atoms with E-state index in [1.807, 2.05) is 54.4 Å². The summed E-state index contributed by atoms with van der Waals surface area (Å²) in [7, 11) is 7.07. The van der Waals surface area contributed by atoms with E-state index in [1.54, 1.807) is 14.2 Å². The van der Waals surface area contributed by atoms with Crippen molar-refractivity contribution in [2.45, 2.75) is 18.8 Å². The van der Waals surface area contributed by atoms with Crippen molar-refractivity contribution < 1.29 is 14.3 Å². The van der Waals surface area contributed by atoms with E-state index in [0.717, 1.165) is 42.0 Å². The van der Waals surface area contributed by atoms with Gasteiger partial charge in [0.25, 0.3) is 0 Å². The van der Waals surface area contributed by atoms with Crippen molar-refractivity contribution in [2.24, 2.45) is 0 Å². The number of carbonyl (C=O) groups is 1. The molecule has 1 atom stereocenters. The Balaban J connectivity index is 1.99. The van der Waals surface area contributed by atoms with Crippen molar-refractivity contribution in [3.63, 3.8) is 0 Å². The molecule has 3 rings (SSSR count). The van der Waals surface area contributed by atoms with Crippen LogP contribution in [-0.4, -0.2) is 68.8 Å². The van der Waals surface area contributed by atoms with Gasteiger partial charge in [-0.1, -0.05) is 12.1 Å². The molecule has 1 aromatic heterocycles. The molecule has 0 spiro atoms. The Morgan fingerprint density at radius 3 is 2.86 bits per heavy atom. The molecule has 7 nitrogen and oxygen atoms in total. The second kappa shape index (κ2) is 9.01. The fourth-order valence-electron chi connectivity index (χ4n) is 3.57. The molecule has 1 unspecified atom stereocenters. The van der Waals surface area contributed by atoms with Crippen LogP contribution in [0.4, 0.5) is 5.95 Å². The molecule has 0 radical (unpaired) electrons. The number of benzene rings is 1. The molecule has 0 N–H and O–H groups in total. The molecular formula is C21H28N4O3. The molecule has 1 aliphatic rings. The van der Waals surface area contributed by atoms with Crippen molar-refractivity contribution in [3.8, 4) is 16.9 Å².